The van der Waals surface area contributed by atoms with E-state index in [0.717, 1.165) is 16.5 Å². The fourth-order valence-electron chi connectivity index (χ4n) is 2.08. The van der Waals surface area contributed by atoms with Gasteiger partial charge >= 0.3 is 0 Å². The van der Waals surface area contributed by atoms with Gasteiger partial charge in [-0.25, -0.2) is 0 Å². The van der Waals surface area contributed by atoms with Gasteiger partial charge in [0.25, 0.3) is 0 Å². The fraction of sp³-hybridized carbons (Fsp3) is 0.278. The number of ketones is 1. The van der Waals surface area contributed by atoms with Gasteiger partial charge in [0.2, 0.25) is 0 Å². The van der Waals surface area contributed by atoms with Gasteiger partial charge in [0.1, 0.15) is 0 Å². The van der Waals surface area contributed by atoms with Crippen LogP contribution < -0.4 is 0 Å². The van der Waals surface area contributed by atoms with E-state index >= 15 is 0 Å². The Labute approximate surface area is 129 Å². The lowest BCUT2D eigenvalue weighted by molar-refractivity contribution is 0.103. The van der Waals surface area contributed by atoms with E-state index in [1.54, 1.807) is 0 Å². The average molecular weight is 331 g/mol. The van der Waals surface area contributed by atoms with Crippen molar-refractivity contribution in [2.45, 2.75) is 32.6 Å². The Hall–Kier alpha value is -1.41. The third kappa shape index (κ3) is 3.01. The van der Waals surface area contributed by atoms with Crippen molar-refractivity contribution < 1.29 is 4.79 Å². The Morgan fingerprint density at radius 2 is 1.65 bits per heavy atom. The van der Waals surface area contributed by atoms with Crippen molar-refractivity contribution in [2.24, 2.45) is 0 Å². The Balaban J connectivity index is 2.32. The van der Waals surface area contributed by atoms with Crippen LogP contribution in [0.5, 0.6) is 0 Å². The summed E-state index contributed by atoms with van der Waals surface area (Å²) in [7, 11) is 0. The minimum absolute atomic E-state index is 0.0540. The maximum Gasteiger partial charge on any atom is 0.194 e. The highest BCUT2D eigenvalue weighted by atomic mass is 79.9. The first-order valence-corrected chi connectivity index (χ1v) is 7.65. The third-order valence-electron chi connectivity index (χ3n) is 3.93. The van der Waals surface area contributed by atoms with Gasteiger partial charge in [-0.2, -0.15) is 0 Å². The predicted molar refractivity (Wildman–Crippen MR) is 87.3 cm³/mol. The van der Waals surface area contributed by atoms with E-state index in [1.165, 1.54) is 5.56 Å². The second-order valence-corrected chi connectivity index (χ2v) is 6.48. The molecule has 0 spiro atoms. The number of benzene rings is 2. The van der Waals surface area contributed by atoms with E-state index in [-0.39, 0.29) is 11.2 Å². The van der Waals surface area contributed by atoms with Gasteiger partial charge in [-0.3, -0.25) is 4.79 Å². The third-order valence-corrected chi connectivity index (χ3v) is 4.62. The zero-order chi connectivity index (χ0) is 14.8. The van der Waals surface area contributed by atoms with Crippen molar-refractivity contribution in [1.29, 1.82) is 0 Å². The van der Waals surface area contributed by atoms with Gasteiger partial charge in [-0.15, -0.1) is 0 Å². The highest BCUT2D eigenvalue weighted by Crippen LogP contribution is 2.27. The Morgan fingerprint density at radius 3 is 2.20 bits per heavy atom. The van der Waals surface area contributed by atoms with Crippen LogP contribution in [-0.2, 0) is 5.41 Å². The minimum atomic E-state index is 0.0540. The molecule has 0 aliphatic heterocycles. The molecule has 0 radical (unpaired) electrons. The summed E-state index contributed by atoms with van der Waals surface area (Å²) in [6.07, 6.45) is 1.07. The molecule has 0 saturated heterocycles. The number of carbonyl (C=O) groups excluding carboxylic acids is 1. The van der Waals surface area contributed by atoms with E-state index < -0.39 is 0 Å². The first-order valence-electron chi connectivity index (χ1n) is 6.85. The van der Waals surface area contributed by atoms with E-state index in [0.29, 0.717) is 5.56 Å². The van der Waals surface area contributed by atoms with Crippen molar-refractivity contribution in [2.75, 3.05) is 0 Å². The molecule has 0 aliphatic rings. The van der Waals surface area contributed by atoms with E-state index in [4.69, 9.17) is 0 Å². The molecule has 2 rings (SSSR count). The first kappa shape index (κ1) is 15.0. The van der Waals surface area contributed by atoms with E-state index in [9.17, 15) is 4.79 Å². The quantitative estimate of drug-likeness (QED) is 0.689. The van der Waals surface area contributed by atoms with Crippen molar-refractivity contribution in [3.05, 3.63) is 69.7 Å². The monoisotopic (exact) mass is 330 g/mol. The first-order chi connectivity index (χ1) is 9.45. The summed E-state index contributed by atoms with van der Waals surface area (Å²) in [4.78, 5) is 12.5. The summed E-state index contributed by atoms with van der Waals surface area (Å²) in [6.45, 7) is 6.62. The van der Waals surface area contributed by atoms with E-state index in [1.807, 2.05) is 36.4 Å². The molecule has 2 aromatic carbocycles. The van der Waals surface area contributed by atoms with Gasteiger partial charge in [0.05, 0.1) is 0 Å². The molecule has 0 aromatic heterocycles. The molecule has 0 unspecified atom stereocenters. The molecule has 1 nitrogen and oxygen atoms in total. The maximum atomic E-state index is 12.5. The molecular weight excluding hydrogens is 312 g/mol. The van der Waals surface area contributed by atoms with Crippen LogP contribution in [0.1, 0.15) is 48.7 Å². The summed E-state index contributed by atoms with van der Waals surface area (Å²) < 4.78 is 0.836. The molecule has 0 amide bonds. The topological polar surface area (TPSA) is 17.1 Å². The largest absolute Gasteiger partial charge is 0.289 e. The van der Waals surface area contributed by atoms with Gasteiger partial charge < -0.3 is 0 Å². The lowest BCUT2D eigenvalue weighted by Crippen LogP contribution is -2.15. The second-order valence-electron chi connectivity index (χ2n) is 5.62. The van der Waals surface area contributed by atoms with Gasteiger partial charge in [-0.1, -0.05) is 73.1 Å². The highest BCUT2D eigenvalue weighted by Gasteiger charge is 2.18. The number of hydrogen-bond donors (Lipinski definition) is 0. The summed E-state index contributed by atoms with van der Waals surface area (Å²) in [5, 5.41) is 0. The predicted octanol–water partition coefficient (Wildman–Crippen LogP) is 5.37. The molecule has 0 bridgehead atoms. The zero-order valence-corrected chi connectivity index (χ0v) is 13.7. The SMILES string of the molecule is CCC(C)(C)c1ccc(C(=O)c2ccccc2Br)cc1. The standard InChI is InChI=1S/C18H19BrO/c1-4-18(2,3)14-11-9-13(10-12-14)17(20)15-7-5-6-8-16(15)19/h5-12H,4H2,1-3H3. The van der Waals surface area contributed by atoms with Crippen LogP contribution in [0.15, 0.2) is 53.0 Å². The Morgan fingerprint density at radius 1 is 1.05 bits per heavy atom. The summed E-state index contributed by atoms with van der Waals surface area (Å²) in [5.41, 5.74) is 2.85. The average Bonchev–Trinajstić information content (AvgIpc) is 2.47. The number of hydrogen-bond acceptors (Lipinski definition) is 1. The Kier molecular flexibility index (Phi) is 4.44. The van der Waals surface area contributed by atoms with Crippen LogP contribution in [0.3, 0.4) is 0 Å². The van der Waals surface area contributed by atoms with E-state index in [2.05, 4.69) is 48.8 Å². The van der Waals surface area contributed by atoms with Gasteiger partial charge in [0, 0.05) is 15.6 Å². The van der Waals surface area contributed by atoms with Crippen LogP contribution >= 0.6 is 15.9 Å². The minimum Gasteiger partial charge on any atom is -0.289 e. The van der Waals surface area contributed by atoms with Gasteiger partial charge in [0.15, 0.2) is 5.78 Å². The molecule has 0 saturated carbocycles. The normalized spacial score (nSPS) is 11.4. The lowest BCUT2D eigenvalue weighted by Gasteiger charge is -2.23. The molecular formula is C18H19BrO. The molecule has 2 heteroatoms. The van der Waals surface area contributed by atoms with Crippen LogP contribution in [0.25, 0.3) is 0 Å². The number of rotatable bonds is 4. The van der Waals surface area contributed by atoms with Crippen molar-refractivity contribution in [1.82, 2.24) is 0 Å². The number of carbonyl (C=O) groups is 1. The highest BCUT2D eigenvalue weighted by molar-refractivity contribution is 9.10. The Bertz CT molecular complexity index is 612. The molecule has 0 fully saturated rings. The second kappa shape index (κ2) is 5.92. The lowest BCUT2D eigenvalue weighted by atomic mass is 9.82. The van der Waals surface area contributed by atoms with Crippen LogP contribution in [-0.4, -0.2) is 5.78 Å². The molecule has 0 aliphatic carbocycles. The van der Waals surface area contributed by atoms with Crippen LogP contribution in [0.4, 0.5) is 0 Å². The molecule has 2 aromatic rings. The zero-order valence-electron chi connectivity index (χ0n) is 12.1. The maximum absolute atomic E-state index is 12.5. The molecule has 0 heterocycles. The van der Waals surface area contributed by atoms with Crippen molar-refractivity contribution in [3.8, 4) is 0 Å². The van der Waals surface area contributed by atoms with Crippen molar-refractivity contribution in [3.63, 3.8) is 0 Å². The molecule has 0 N–H and O–H groups in total. The molecule has 20 heavy (non-hydrogen) atoms. The summed E-state index contributed by atoms with van der Waals surface area (Å²) in [6, 6.07) is 15.5. The number of halogens is 1. The van der Waals surface area contributed by atoms with Crippen LogP contribution in [0, 0.1) is 0 Å². The smallest absolute Gasteiger partial charge is 0.194 e. The summed E-state index contributed by atoms with van der Waals surface area (Å²) >= 11 is 3.43. The fourth-order valence-corrected chi connectivity index (χ4v) is 2.54. The molecule has 0 atom stereocenters. The molecule has 104 valence electrons. The van der Waals surface area contributed by atoms with Gasteiger partial charge in [-0.05, 0) is 29.5 Å². The van der Waals surface area contributed by atoms with Crippen molar-refractivity contribution >= 4 is 21.7 Å². The van der Waals surface area contributed by atoms with Crippen LogP contribution in [0.2, 0.25) is 0 Å². The summed E-state index contributed by atoms with van der Waals surface area (Å²) in [5.74, 6) is 0.0540.